The summed E-state index contributed by atoms with van der Waals surface area (Å²) in [5, 5.41) is 0. The first kappa shape index (κ1) is 19.5. The van der Waals surface area contributed by atoms with E-state index in [-0.39, 0.29) is 17.8 Å². The molecule has 3 nitrogen and oxygen atoms in total. The molecule has 0 aliphatic rings. The van der Waals surface area contributed by atoms with E-state index in [0.29, 0.717) is 12.2 Å². The zero-order valence-corrected chi connectivity index (χ0v) is 14.1. The number of alkyl halides is 3. The lowest BCUT2D eigenvalue weighted by molar-refractivity contribution is -0.330. The highest BCUT2D eigenvalue weighted by Crippen LogP contribution is 2.23. The van der Waals surface area contributed by atoms with Gasteiger partial charge < -0.3 is 4.74 Å². The molecule has 0 saturated carbocycles. The van der Waals surface area contributed by atoms with Gasteiger partial charge in [-0.3, -0.25) is 9.53 Å². The molecule has 1 aromatic rings. The van der Waals surface area contributed by atoms with Crippen LogP contribution in [0, 0.1) is 19.3 Å². The molecule has 0 saturated heterocycles. The van der Waals surface area contributed by atoms with E-state index in [1.54, 1.807) is 26.0 Å². The molecule has 0 heterocycles. The minimum atomic E-state index is -4.66. The zero-order chi connectivity index (χ0) is 17.8. The normalized spacial score (nSPS) is 12.3. The van der Waals surface area contributed by atoms with E-state index in [1.807, 2.05) is 20.8 Å². The quantitative estimate of drug-likeness (QED) is 0.746. The van der Waals surface area contributed by atoms with Crippen molar-refractivity contribution in [2.45, 2.75) is 54.0 Å². The molecule has 0 bridgehead atoms. The van der Waals surface area contributed by atoms with Crippen LogP contribution >= 0.6 is 0 Å². The van der Waals surface area contributed by atoms with Crippen molar-refractivity contribution in [3.63, 3.8) is 0 Å². The Morgan fingerprint density at radius 3 is 2.04 bits per heavy atom. The van der Waals surface area contributed by atoms with Crippen molar-refractivity contribution in [3.05, 3.63) is 34.4 Å². The second-order valence-corrected chi connectivity index (χ2v) is 6.84. The third kappa shape index (κ3) is 7.50. The van der Waals surface area contributed by atoms with Gasteiger partial charge in [-0.2, -0.15) is 0 Å². The second-order valence-electron chi connectivity index (χ2n) is 6.84. The largest absolute Gasteiger partial charge is 0.522 e. The van der Waals surface area contributed by atoms with Crippen LogP contribution in [0.25, 0.3) is 0 Å². The highest BCUT2D eigenvalue weighted by molar-refractivity contribution is 5.73. The van der Waals surface area contributed by atoms with Gasteiger partial charge in [-0.25, -0.2) is 0 Å². The van der Waals surface area contributed by atoms with E-state index in [1.165, 1.54) is 0 Å². The molecule has 0 fully saturated rings. The summed E-state index contributed by atoms with van der Waals surface area (Å²) in [7, 11) is 0. The van der Waals surface area contributed by atoms with Crippen molar-refractivity contribution >= 4 is 5.97 Å². The molecule has 0 N–H and O–H groups in total. The van der Waals surface area contributed by atoms with E-state index >= 15 is 0 Å². The fourth-order valence-corrected chi connectivity index (χ4v) is 2.10. The number of benzene rings is 1. The average Bonchev–Trinajstić information content (AvgIpc) is 2.36. The maximum Gasteiger partial charge on any atom is 0.522 e. The van der Waals surface area contributed by atoms with Gasteiger partial charge in [0.15, 0.2) is 0 Å². The molecule has 130 valence electrons. The highest BCUT2D eigenvalue weighted by atomic mass is 19.4. The first-order chi connectivity index (χ1) is 10.4. The van der Waals surface area contributed by atoms with Crippen LogP contribution in [0.5, 0.6) is 0 Å². The molecule has 0 aliphatic heterocycles. The Hall–Kier alpha value is -1.56. The van der Waals surface area contributed by atoms with Gasteiger partial charge in [-0.1, -0.05) is 32.9 Å². The molecule has 1 rings (SSSR count). The summed E-state index contributed by atoms with van der Waals surface area (Å²) in [6, 6.07) is 3.20. The number of rotatable bonds is 5. The first-order valence-electron chi connectivity index (χ1n) is 7.33. The van der Waals surface area contributed by atoms with Gasteiger partial charge in [0.1, 0.15) is 0 Å². The number of carbonyl (C=O) groups is 1. The fourth-order valence-electron chi connectivity index (χ4n) is 2.10. The van der Waals surface area contributed by atoms with Gasteiger partial charge >= 0.3 is 12.3 Å². The van der Waals surface area contributed by atoms with E-state index in [0.717, 1.165) is 16.7 Å². The Kier molecular flexibility index (Phi) is 6.22. The molecule has 23 heavy (non-hydrogen) atoms. The fraction of sp³-hybridized carbons (Fsp3) is 0.588. The maximum absolute atomic E-state index is 12.1. The average molecular weight is 332 g/mol. The molecule has 1 aromatic carbocycles. The molecular formula is C17H23F3O3. The van der Waals surface area contributed by atoms with E-state index in [9.17, 15) is 18.0 Å². The van der Waals surface area contributed by atoms with E-state index in [2.05, 4.69) is 4.74 Å². The van der Waals surface area contributed by atoms with Crippen molar-refractivity contribution in [1.29, 1.82) is 0 Å². The number of ether oxygens (including phenoxy) is 2. The van der Waals surface area contributed by atoms with Gasteiger partial charge in [0.2, 0.25) is 0 Å². The third-order valence-corrected chi connectivity index (χ3v) is 3.15. The summed E-state index contributed by atoms with van der Waals surface area (Å²) in [5.41, 5.74) is 2.58. The molecule has 0 amide bonds. The summed E-state index contributed by atoms with van der Waals surface area (Å²) in [6.45, 7) is 9.19. The van der Waals surface area contributed by atoms with Crippen molar-refractivity contribution in [2.75, 3.05) is 6.61 Å². The lowest BCUT2D eigenvalue weighted by atomic mass is 9.96. The maximum atomic E-state index is 12.1. The summed E-state index contributed by atoms with van der Waals surface area (Å²) in [5.74, 6) is -0.342. The summed E-state index contributed by atoms with van der Waals surface area (Å²) in [4.78, 5) is 11.9. The molecule has 0 spiro atoms. The molecule has 0 radical (unpaired) electrons. The van der Waals surface area contributed by atoms with Gasteiger partial charge in [-0.05, 0) is 41.5 Å². The van der Waals surface area contributed by atoms with Gasteiger partial charge in [0, 0.05) is 0 Å². The van der Waals surface area contributed by atoms with Crippen LogP contribution in [-0.4, -0.2) is 18.9 Å². The van der Waals surface area contributed by atoms with Gasteiger partial charge in [-0.15, -0.1) is 13.2 Å². The standard InChI is InChI=1S/C17H23F3O3/c1-11-6-13(9-23-17(18,19)20)7-12(2)14(11)8-15(21)22-10-16(3,4)5/h6-7H,8-10H2,1-5H3. The molecule has 6 heteroatoms. The Morgan fingerprint density at radius 2 is 1.61 bits per heavy atom. The highest BCUT2D eigenvalue weighted by Gasteiger charge is 2.29. The summed E-state index contributed by atoms with van der Waals surface area (Å²) >= 11 is 0. The molecule has 0 aromatic heterocycles. The third-order valence-electron chi connectivity index (χ3n) is 3.15. The molecule has 0 unspecified atom stereocenters. The number of aryl methyl sites for hydroxylation is 2. The van der Waals surface area contributed by atoms with Crippen molar-refractivity contribution in [3.8, 4) is 0 Å². The monoisotopic (exact) mass is 332 g/mol. The Labute approximate surface area is 134 Å². The number of hydrogen-bond donors (Lipinski definition) is 0. The first-order valence-corrected chi connectivity index (χ1v) is 7.33. The van der Waals surface area contributed by atoms with Crippen LogP contribution in [0.3, 0.4) is 0 Å². The van der Waals surface area contributed by atoms with E-state index < -0.39 is 13.0 Å². The van der Waals surface area contributed by atoms with Crippen LogP contribution in [-0.2, 0) is 27.3 Å². The van der Waals surface area contributed by atoms with Crippen LogP contribution < -0.4 is 0 Å². The topological polar surface area (TPSA) is 35.5 Å². The van der Waals surface area contributed by atoms with Gasteiger partial charge in [0.25, 0.3) is 0 Å². The smallest absolute Gasteiger partial charge is 0.465 e. The Morgan fingerprint density at radius 1 is 1.09 bits per heavy atom. The minimum Gasteiger partial charge on any atom is -0.465 e. The van der Waals surface area contributed by atoms with Crippen molar-refractivity contribution in [1.82, 2.24) is 0 Å². The number of halogens is 3. The number of esters is 1. The number of hydrogen-bond acceptors (Lipinski definition) is 3. The minimum absolute atomic E-state index is 0.105. The Bertz CT molecular complexity index is 534. The van der Waals surface area contributed by atoms with Crippen LogP contribution in [0.2, 0.25) is 0 Å². The van der Waals surface area contributed by atoms with Crippen molar-refractivity contribution < 1.29 is 27.4 Å². The Balaban J connectivity index is 2.75. The van der Waals surface area contributed by atoms with E-state index in [4.69, 9.17) is 4.74 Å². The van der Waals surface area contributed by atoms with Crippen LogP contribution in [0.15, 0.2) is 12.1 Å². The zero-order valence-electron chi connectivity index (χ0n) is 14.1. The molecular weight excluding hydrogens is 309 g/mol. The lowest BCUT2D eigenvalue weighted by Gasteiger charge is -2.18. The lowest BCUT2D eigenvalue weighted by Crippen LogP contribution is -2.20. The molecule has 0 atom stereocenters. The summed E-state index contributed by atoms with van der Waals surface area (Å²) < 4.78 is 45.3. The summed E-state index contributed by atoms with van der Waals surface area (Å²) in [6.07, 6.45) is -4.55. The predicted molar refractivity (Wildman–Crippen MR) is 80.9 cm³/mol. The predicted octanol–water partition coefficient (Wildman–Crippen LogP) is 4.47. The van der Waals surface area contributed by atoms with Crippen LogP contribution in [0.1, 0.15) is 43.0 Å². The second kappa shape index (κ2) is 7.34. The number of carbonyl (C=O) groups excluding carboxylic acids is 1. The van der Waals surface area contributed by atoms with Crippen LogP contribution in [0.4, 0.5) is 13.2 Å². The molecule has 0 aliphatic carbocycles. The van der Waals surface area contributed by atoms with Crippen molar-refractivity contribution in [2.24, 2.45) is 5.41 Å². The SMILES string of the molecule is Cc1cc(COC(F)(F)F)cc(C)c1CC(=O)OCC(C)(C)C. The van der Waals surface area contributed by atoms with Gasteiger partial charge in [0.05, 0.1) is 19.6 Å².